The Morgan fingerprint density at radius 3 is 2.47 bits per heavy atom. The molecule has 0 aromatic heterocycles. The molecular weight excluding hydrogens is 228 g/mol. The Bertz CT molecular complexity index is 365. The number of hydrogen-bond donors (Lipinski definition) is 0. The number of nitrogens with zero attached hydrogens (tertiary/aromatic N) is 2. The van der Waals surface area contributed by atoms with Crippen molar-refractivity contribution < 1.29 is 0 Å². The van der Waals surface area contributed by atoms with Crippen molar-refractivity contribution in [1.29, 1.82) is 5.26 Å². The highest BCUT2D eigenvalue weighted by molar-refractivity contribution is 7.99. The fraction of sp³-hybridized carbons (Fsp3) is 0.500. The molecule has 0 unspecified atom stereocenters. The van der Waals surface area contributed by atoms with Crippen LogP contribution in [0.25, 0.3) is 0 Å². The van der Waals surface area contributed by atoms with E-state index in [4.69, 9.17) is 5.26 Å². The summed E-state index contributed by atoms with van der Waals surface area (Å²) in [5.74, 6) is 0. The molecule has 0 heterocycles. The third-order valence-corrected chi connectivity index (χ3v) is 3.37. The Balaban J connectivity index is 2.48. The van der Waals surface area contributed by atoms with Crippen LogP contribution in [-0.4, -0.2) is 23.7 Å². The van der Waals surface area contributed by atoms with Gasteiger partial charge in [-0.05, 0) is 24.7 Å². The minimum atomic E-state index is 0.595. The summed E-state index contributed by atoms with van der Waals surface area (Å²) in [7, 11) is 2.05. The van der Waals surface area contributed by atoms with Crippen LogP contribution in [0.5, 0.6) is 0 Å². The van der Waals surface area contributed by atoms with E-state index in [1.165, 1.54) is 10.5 Å². The highest BCUT2D eigenvalue weighted by Gasteiger charge is 2.01. The molecule has 0 aliphatic carbocycles. The van der Waals surface area contributed by atoms with Crippen molar-refractivity contribution in [3.63, 3.8) is 0 Å². The van der Waals surface area contributed by atoms with Gasteiger partial charge in [-0.1, -0.05) is 26.0 Å². The monoisotopic (exact) mass is 248 g/mol. The summed E-state index contributed by atoms with van der Waals surface area (Å²) in [4.78, 5) is 3.50. The van der Waals surface area contributed by atoms with Crippen LogP contribution in [-0.2, 0) is 6.54 Å². The second-order valence-electron chi connectivity index (χ2n) is 4.46. The van der Waals surface area contributed by atoms with Crippen LogP contribution in [0.3, 0.4) is 0 Å². The van der Waals surface area contributed by atoms with Gasteiger partial charge in [0.2, 0.25) is 0 Å². The van der Waals surface area contributed by atoms with Crippen molar-refractivity contribution in [3.8, 4) is 6.07 Å². The first-order valence-electron chi connectivity index (χ1n) is 5.93. The summed E-state index contributed by atoms with van der Waals surface area (Å²) in [6.45, 7) is 6.15. The second kappa shape index (κ2) is 7.37. The molecule has 2 nitrogen and oxygen atoms in total. The maximum absolute atomic E-state index is 8.52. The third-order valence-electron chi connectivity index (χ3n) is 2.35. The lowest BCUT2D eigenvalue weighted by Gasteiger charge is -2.15. The maximum Gasteiger partial charge on any atom is 0.0635 e. The first-order valence-corrected chi connectivity index (χ1v) is 6.81. The number of rotatable bonds is 6. The molecule has 0 saturated heterocycles. The Morgan fingerprint density at radius 1 is 1.29 bits per heavy atom. The van der Waals surface area contributed by atoms with Crippen LogP contribution in [0.4, 0.5) is 0 Å². The third kappa shape index (κ3) is 5.76. The van der Waals surface area contributed by atoms with Crippen molar-refractivity contribution in [2.75, 3.05) is 13.6 Å². The zero-order valence-corrected chi connectivity index (χ0v) is 11.6. The molecule has 0 N–H and O–H groups in total. The van der Waals surface area contributed by atoms with Crippen LogP contribution in [0.2, 0.25) is 0 Å². The van der Waals surface area contributed by atoms with Crippen LogP contribution >= 0.6 is 11.8 Å². The number of benzene rings is 1. The molecule has 3 heteroatoms. The maximum atomic E-state index is 8.52. The molecule has 92 valence electrons. The van der Waals surface area contributed by atoms with Crippen LogP contribution in [0, 0.1) is 11.3 Å². The predicted octanol–water partition coefficient (Wildman–Crippen LogP) is 3.53. The molecule has 0 spiro atoms. The van der Waals surface area contributed by atoms with Gasteiger partial charge in [0, 0.05) is 29.7 Å². The van der Waals surface area contributed by atoms with Crippen molar-refractivity contribution >= 4 is 11.8 Å². The molecular formula is C14H20N2S. The van der Waals surface area contributed by atoms with E-state index in [0.717, 1.165) is 13.1 Å². The average molecular weight is 248 g/mol. The summed E-state index contributed by atoms with van der Waals surface area (Å²) in [5.41, 5.74) is 1.30. The quantitative estimate of drug-likeness (QED) is 0.721. The number of nitriles is 1. The normalized spacial score (nSPS) is 10.8. The van der Waals surface area contributed by atoms with E-state index in [9.17, 15) is 0 Å². The molecule has 1 rings (SSSR count). The highest BCUT2D eigenvalue weighted by atomic mass is 32.2. The van der Waals surface area contributed by atoms with Crippen LogP contribution < -0.4 is 0 Å². The van der Waals surface area contributed by atoms with E-state index in [-0.39, 0.29) is 0 Å². The molecule has 17 heavy (non-hydrogen) atoms. The minimum absolute atomic E-state index is 0.595. The van der Waals surface area contributed by atoms with Crippen molar-refractivity contribution in [3.05, 3.63) is 29.8 Å². The average Bonchev–Trinajstić information content (AvgIpc) is 2.28. The Hall–Kier alpha value is -0.980. The molecule has 0 atom stereocenters. The molecule has 0 aliphatic rings. The standard InChI is InChI=1S/C14H20N2S/c1-12(2)17-14-7-5-13(6-8-14)11-16(3)10-4-9-15/h5-8,12H,4,10-11H2,1-3H3. The van der Waals surface area contributed by atoms with Crippen LogP contribution in [0.1, 0.15) is 25.8 Å². The Kier molecular flexibility index (Phi) is 6.10. The zero-order chi connectivity index (χ0) is 12.7. The fourth-order valence-electron chi connectivity index (χ4n) is 1.58. The van der Waals surface area contributed by atoms with Crippen molar-refractivity contribution in [1.82, 2.24) is 4.90 Å². The summed E-state index contributed by atoms with van der Waals surface area (Å²) in [6, 6.07) is 10.9. The van der Waals surface area contributed by atoms with Crippen molar-refractivity contribution in [2.24, 2.45) is 0 Å². The van der Waals surface area contributed by atoms with Gasteiger partial charge in [0.15, 0.2) is 0 Å². The molecule has 0 bridgehead atoms. The summed E-state index contributed by atoms with van der Waals surface area (Å²) in [6.07, 6.45) is 0.595. The van der Waals surface area contributed by atoms with E-state index in [0.29, 0.717) is 11.7 Å². The van der Waals surface area contributed by atoms with E-state index in [2.05, 4.69) is 49.1 Å². The topological polar surface area (TPSA) is 27.0 Å². The van der Waals surface area contributed by atoms with E-state index in [1.807, 2.05) is 18.8 Å². The Labute approximate surface area is 109 Å². The van der Waals surface area contributed by atoms with Crippen LogP contribution in [0.15, 0.2) is 29.2 Å². The number of thioether (sulfide) groups is 1. The van der Waals surface area contributed by atoms with Gasteiger partial charge in [0.1, 0.15) is 0 Å². The van der Waals surface area contributed by atoms with Gasteiger partial charge in [0.25, 0.3) is 0 Å². The van der Waals surface area contributed by atoms with Gasteiger partial charge in [-0.25, -0.2) is 0 Å². The van der Waals surface area contributed by atoms with Gasteiger partial charge in [-0.2, -0.15) is 5.26 Å². The summed E-state index contributed by atoms with van der Waals surface area (Å²) >= 11 is 1.88. The highest BCUT2D eigenvalue weighted by Crippen LogP contribution is 2.23. The fourth-order valence-corrected chi connectivity index (χ4v) is 2.41. The SMILES string of the molecule is CC(C)Sc1ccc(CN(C)CCC#N)cc1. The van der Waals surface area contributed by atoms with Crippen molar-refractivity contribution in [2.45, 2.75) is 37.0 Å². The summed E-state index contributed by atoms with van der Waals surface area (Å²) < 4.78 is 0. The van der Waals surface area contributed by atoms with Gasteiger partial charge in [-0.3, -0.25) is 0 Å². The second-order valence-corrected chi connectivity index (χ2v) is 6.11. The largest absolute Gasteiger partial charge is 0.301 e. The zero-order valence-electron chi connectivity index (χ0n) is 10.8. The lowest BCUT2D eigenvalue weighted by atomic mass is 10.2. The van der Waals surface area contributed by atoms with E-state index in [1.54, 1.807) is 0 Å². The molecule has 1 aromatic carbocycles. The van der Waals surface area contributed by atoms with E-state index >= 15 is 0 Å². The molecule has 1 aromatic rings. The molecule has 0 amide bonds. The minimum Gasteiger partial charge on any atom is -0.301 e. The first kappa shape index (κ1) is 14.1. The molecule has 0 radical (unpaired) electrons. The first-order chi connectivity index (χ1) is 8.11. The van der Waals surface area contributed by atoms with Gasteiger partial charge < -0.3 is 4.90 Å². The molecule has 0 aliphatic heterocycles. The predicted molar refractivity (Wildman–Crippen MR) is 74.0 cm³/mol. The lowest BCUT2D eigenvalue weighted by molar-refractivity contribution is 0.335. The smallest absolute Gasteiger partial charge is 0.0635 e. The lowest BCUT2D eigenvalue weighted by Crippen LogP contribution is -2.18. The molecule has 0 fully saturated rings. The van der Waals surface area contributed by atoms with Gasteiger partial charge in [-0.15, -0.1) is 11.8 Å². The molecule has 0 saturated carbocycles. The van der Waals surface area contributed by atoms with Gasteiger partial charge in [0.05, 0.1) is 6.07 Å². The van der Waals surface area contributed by atoms with Gasteiger partial charge >= 0.3 is 0 Å². The number of hydrogen-bond acceptors (Lipinski definition) is 3. The Morgan fingerprint density at radius 2 is 1.94 bits per heavy atom. The van der Waals surface area contributed by atoms with E-state index < -0.39 is 0 Å². The summed E-state index contributed by atoms with van der Waals surface area (Å²) in [5, 5.41) is 9.15.